The first kappa shape index (κ1) is 22.1. The maximum absolute atomic E-state index is 10.0. The van der Waals surface area contributed by atoms with Gasteiger partial charge in [0, 0.05) is 6.54 Å². The summed E-state index contributed by atoms with van der Waals surface area (Å²) in [5, 5.41) is 12.8. The minimum absolute atomic E-state index is 0.0289. The van der Waals surface area contributed by atoms with Crippen LogP contribution >= 0.6 is 0 Å². The Morgan fingerprint density at radius 3 is 1.57 bits per heavy atom. The van der Waals surface area contributed by atoms with Gasteiger partial charge in [-0.25, -0.2) is 5.14 Å². The van der Waals surface area contributed by atoms with Gasteiger partial charge >= 0.3 is 0 Å². The van der Waals surface area contributed by atoms with Crippen LogP contribution in [0, 0.1) is 0 Å². The van der Waals surface area contributed by atoms with E-state index in [2.05, 4.69) is 64.9 Å². The van der Waals surface area contributed by atoms with E-state index in [1.54, 1.807) is 5.56 Å². The van der Waals surface area contributed by atoms with E-state index in [0.29, 0.717) is 17.8 Å². The van der Waals surface area contributed by atoms with E-state index < -0.39 is 10.2 Å². The van der Waals surface area contributed by atoms with Gasteiger partial charge in [-0.3, -0.25) is 5.21 Å². The molecule has 0 heterocycles. The van der Waals surface area contributed by atoms with E-state index in [-0.39, 0.29) is 11.0 Å². The van der Waals surface area contributed by atoms with Gasteiger partial charge in [-0.1, -0.05) is 64.2 Å². The number of nitrogens with zero attached hydrogens (tertiary/aromatic N) is 1. The molecule has 5 nitrogen and oxygen atoms in total. The number of rotatable bonds is 5. The van der Waals surface area contributed by atoms with Crippen molar-refractivity contribution in [3.8, 4) is 0 Å². The lowest BCUT2D eigenvalue weighted by Gasteiger charge is -2.22. The van der Waals surface area contributed by atoms with E-state index in [1.807, 2.05) is 0 Å². The van der Waals surface area contributed by atoms with Crippen molar-refractivity contribution in [3.63, 3.8) is 0 Å². The highest BCUT2D eigenvalue weighted by atomic mass is 32.2. The highest BCUT2D eigenvalue weighted by Crippen LogP contribution is 2.32. The summed E-state index contributed by atoms with van der Waals surface area (Å²) in [6.07, 6.45) is 0. The zero-order valence-electron chi connectivity index (χ0n) is 15.4. The van der Waals surface area contributed by atoms with Crippen LogP contribution in [0.4, 0.5) is 0 Å². The van der Waals surface area contributed by atoms with Crippen LogP contribution in [0.25, 0.3) is 0 Å². The number of hydrogen-bond acceptors (Lipinski definition) is 3. The van der Waals surface area contributed by atoms with Crippen LogP contribution in [-0.4, -0.2) is 24.6 Å². The molecule has 1 aromatic rings. The lowest BCUT2D eigenvalue weighted by Crippen LogP contribution is -2.33. The van der Waals surface area contributed by atoms with Crippen molar-refractivity contribution < 1.29 is 13.6 Å². The van der Waals surface area contributed by atoms with Gasteiger partial charge in [-0.2, -0.15) is 8.42 Å². The molecule has 1 rings (SSSR count). The molecule has 0 saturated carbocycles. The number of benzene rings is 1. The second-order valence-electron chi connectivity index (χ2n) is 6.50. The second kappa shape index (κ2) is 9.37. The maximum atomic E-state index is 10.0. The van der Waals surface area contributed by atoms with Crippen molar-refractivity contribution in [2.75, 3.05) is 6.54 Å². The molecule has 0 atom stereocenters. The van der Waals surface area contributed by atoms with E-state index in [9.17, 15) is 8.42 Å². The Morgan fingerprint density at radius 1 is 1.00 bits per heavy atom. The molecule has 0 aliphatic rings. The molecule has 134 valence electrons. The Labute approximate surface area is 141 Å². The Bertz CT molecular complexity index is 555. The minimum atomic E-state index is -3.86. The third kappa shape index (κ3) is 6.99. The van der Waals surface area contributed by atoms with Crippen LogP contribution in [0.2, 0.25) is 0 Å². The zero-order valence-corrected chi connectivity index (χ0v) is 16.2. The summed E-state index contributed by atoms with van der Waals surface area (Å²) in [4.78, 5) is 0. The summed E-state index contributed by atoms with van der Waals surface area (Å²) in [6.45, 7) is 15.2. The summed E-state index contributed by atoms with van der Waals surface area (Å²) in [5.41, 5.74) is 4.62. The van der Waals surface area contributed by atoms with Crippen molar-refractivity contribution in [3.05, 3.63) is 34.9 Å². The van der Waals surface area contributed by atoms with Crippen LogP contribution in [-0.2, 0) is 10.2 Å². The average molecular weight is 345 g/mol. The fourth-order valence-corrected chi connectivity index (χ4v) is 2.82. The highest BCUT2D eigenvalue weighted by Gasteiger charge is 2.15. The van der Waals surface area contributed by atoms with Crippen LogP contribution < -0.4 is 5.14 Å². The summed E-state index contributed by atoms with van der Waals surface area (Å²) >= 11 is 0. The van der Waals surface area contributed by atoms with Gasteiger partial charge in [0.15, 0.2) is 0 Å². The third-order valence-electron chi connectivity index (χ3n) is 3.56. The Hall–Kier alpha value is -0.950. The molecule has 0 unspecified atom stereocenters. The van der Waals surface area contributed by atoms with Crippen LogP contribution in [0.3, 0.4) is 0 Å². The fourth-order valence-electron chi connectivity index (χ4n) is 2.46. The third-order valence-corrected chi connectivity index (χ3v) is 4.40. The second-order valence-corrected chi connectivity index (χ2v) is 7.95. The topological polar surface area (TPSA) is 83.6 Å². The molecule has 3 N–H and O–H groups in total. The smallest absolute Gasteiger partial charge is 0.298 e. The molecule has 23 heavy (non-hydrogen) atoms. The zero-order chi connectivity index (χ0) is 18.4. The lowest BCUT2D eigenvalue weighted by molar-refractivity contribution is 0.00860. The lowest BCUT2D eigenvalue weighted by atomic mass is 9.83. The number of hydroxylamine groups is 1. The fraction of sp³-hybridized carbons (Fsp3) is 0.647. The molecular formula is C17H32N2O3S. The number of nitrogens with two attached hydrogens (primary N) is 1. The Kier molecular flexibility index (Phi) is 8.98. The van der Waals surface area contributed by atoms with Crippen LogP contribution in [0.5, 0.6) is 0 Å². The van der Waals surface area contributed by atoms with Crippen molar-refractivity contribution in [1.82, 2.24) is 4.47 Å². The predicted molar refractivity (Wildman–Crippen MR) is 96.0 cm³/mol. The van der Waals surface area contributed by atoms with Gasteiger partial charge in [-0.05, 0) is 41.4 Å². The average Bonchev–Trinajstić information content (AvgIpc) is 2.44. The predicted octanol–water partition coefficient (Wildman–Crippen LogP) is 3.96. The molecule has 0 aliphatic carbocycles. The van der Waals surface area contributed by atoms with E-state index >= 15 is 0 Å². The van der Waals surface area contributed by atoms with Gasteiger partial charge < -0.3 is 0 Å². The van der Waals surface area contributed by atoms with Gasteiger partial charge in [0.05, 0.1) is 0 Å². The first-order valence-electron chi connectivity index (χ1n) is 8.05. The molecule has 0 aliphatic heterocycles. The summed E-state index contributed by atoms with van der Waals surface area (Å²) in [5.74, 6) is 1.88. The minimum Gasteiger partial charge on any atom is -0.298 e. The number of hydrogen-bond donors (Lipinski definition) is 2. The van der Waals surface area contributed by atoms with E-state index in [4.69, 9.17) is 5.21 Å². The van der Waals surface area contributed by atoms with Crippen LogP contribution in [0.15, 0.2) is 18.2 Å². The van der Waals surface area contributed by atoms with Crippen molar-refractivity contribution in [2.45, 2.75) is 66.2 Å². The Balaban J connectivity index is 0.000000515. The van der Waals surface area contributed by atoms with Gasteiger partial charge in [0.25, 0.3) is 10.2 Å². The van der Waals surface area contributed by atoms with Gasteiger partial charge in [0.2, 0.25) is 0 Å². The standard InChI is InChI=1S/C15H24.C2H8N2O3S/c1-10(2)13-8-7-9-14(11(3)4)15(13)12(5)6;1-2-4(5)8(3,6)7/h7-12H,1-6H3;5H,2H2,1H3,(H2,3,6,7). The first-order valence-corrected chi connectivity index (χ1v) is 9.55. The van der Waals surface area contributed by atoms with Crippen molar-refractivity contribution >= 4 is 10.2 Å². The van der Waals surface area contributed by atoms with Gasteiger partial charge in [-0.15, -0.1) is 0 Å². The maximum Gasteiger partial charge on any atom is 0.298 e. The molecule has 0 radical (unpaired) electrons. The molecule has 0 aromatic heterocycles. The molecular weight excluding hydrogens is 312 g/mol. The van der Waals surface area contributed by atoms with Crippen molar-refractivity contribution in [2.24, 2.45) is 5.14 Å². The summed E-state index contributed by atoms with van der Waals surface area (Å²) < 4.78 is 20.1. The monoisotopic (exact) mass is 344 g/mol. The van der Waals surface area contributed by atoms with Crippen LogP contribution in [0.1, 0.15) is 82.9 Å². The molecule has 1 aromatic carbocycles. The molecule has 0 fully saturated rings. The molecule has 0 spiro atoms. The Morgan fingerprint density at radius 2 is 1.39 bits per heavy atom. The van der Waals surface area contributed by atoms with E-state index in [1.165, 1.54) is 18.1 Å². The molecule has 6 heteroatoms. The molecule has 0 bridgehead atoms. The van der Waals surface area contributed by atoms with Gasteiger partial charge in [0.1, 0.15) is 0 Å². The molecule has 0 saturated heterocycles. The largest absolute Gasteiger partial charge is 0.298 e. The first-order chi connectivity index (χ1) is 10.4. The SMILES string of the molecule is CC(C)c1cccc(C(C)C)c1C(C)C.CCN(O)S(N)(=O)=O. The van der Waals surface area contributed by atoms with Crippen molar-refractivity contribution in [1.29, 1.82) is 0 Å². The normalized spacial score (nSPS) is 12.0. The summed E-state index contributed by atoms with van der Waals surface area (Å²) in [7, 11) is -3.86. The quantitative estimate of drug-likeness (QED) is 0.793. The molecule has 0 amide bonds. The highest BCUT2D eigenvalue weighted by molar-refractivity contribution is 7.86. The van der Waals surface area contributed by atoms with E-state index in [0.717, 1.165) is 0 Å². The summed E-state index contributed by atoms with van der Waals surface area (Å²) in [6, 6.07) is 6.77.